The first-order chi connectivity index (χ1) is 13.9. The Morgan fingerprint density at radius 2 is 1.90 bits per heavy atom. The number of aryl methyl sites for hydroxylation is 1. The molecule has 0 unspecified atom stereocenters. The highest BCUT2D eigenvalue weighted by atomic mass is 32.2. The molecule has 3 heterocycles. The average molecular weight is 423 g/mol. The molecule has 1 N–H and O–H groups in total. The number of fused-ring (bicyclic) bond motifs is 5. The van der Waals surface area contributed by atoms with Crippen molar-refractivity contribution in [2.75, 3.05) is 32.6 Å². The van der Waals surface area contributed by atoms with Gasteiger partial charge in [-0.15, -0.1) is 0 Å². The number of benzene rings is 1. The molecule has 0 aromatic heterocycles. The van der Waals surface area contributed by atoms with Crippen molar-refractivity contribution in [1.82, 2.24) is 9.62 Å². The number of piperidine rings is 1. The first-order valence-corrected chi connectivity index (χ1v) is 12.8. The lowest BCUT2D eigenvalue weighted by Gasteiger charge is -2.41. The van der Waals surface area contributed by atoms with E-state index in [0.717, 1.165) is 57.4 Å². The van der Waals surface area contributed by atoms with E-state index >= 15 is 0 Å². The fraction of sp³-hybridized carbons (Fsp3) is 0.727. The summed E-state index contributed by atoms with van der Waals surface area (Å²) >= 11 is 0. The van der Waals surface area contributed by atoms with Crippen molar-refractivity contribution in [1.29, 1.82) is 0 Å². The molecule has 6 nitrogen and oxygen atoms in total. The summed E-state index contributed by atoms with van der Waals surface area (Å²) in [4.78, 5) is 2.35. The summed E-state index contributed by atoms with van der Waals surface area (Å²) in [6, 6.07) is 6.32. The Morgan fingerprint density at radius 3 is 2.66 bits per heavy atom. The normalized spacial score (nSPS) is 31.5. The molecule has 29 heavy (non-hydrogen) atoms. The van der Waals surface area contributed by atoms with E-state index in [9.17, 15) is 8.42 Å². The lowest BCUT2D eigenvalue weighted by Crippen LogP contribution is -2.58. The van der Waals surface area contributed by atoms with Gasteiger partial charge in [0.25, 0.3) is 0 Å². The molecule has 2 bridgehead atoms. The largest absolute Gasteiger partial charge is 0.492 e. The van der Waals surface area contributed by atoms with Gasteiger partial charge in [-0.25, -0.2) is 13.1 Å². The van der Waals surface area contributed by atoms with Gasteiger partial charge in [-0.05, 0) is 69.5 Å². The number of ether oxygens (including phenoxy) is 2. The van der Waals surface area contributed by atoms with Crippen LogP contribution in [0.4, 0.5) is 0 Å². The molecule has 1 saturated carbocycles. The fourth-order valence-electron chi connectivity index (χ4n) is 5.37. The third kappa shape index (κ3) is 5.13. The van der Waals surface area contributed by atoms with Crippen molar-refractivity contribution < 1.29 is 17.9 Å². The molecular formula is C22H34N2O4S. The van der Waals surface area contributed by atoms with Crippen molar-refractivity contribution in [2.45, 2.75) is 69.6 Å². The van der Waals surface area contributed by atoms with E-state index in [1.165, 1.54) is 17.4 Å². The minimum Gasteiger partial charge on any atom is -0.492 e. The molecule has 5 rings (SSSR count). The molecular weight excluding hydrogens is 388 g/mol. The van der Waals surface area contributed by atoms with E-state index in [1.54, 1.807) is 0 Å². The van der Waals surface area contributed by atoms with Crippen LogP contribution < -0.4 is 9.46 Å². The van der Waals surface area contributed by atoms with Gasteiger partial charge in [0.05, 0.1) is 19.0 Å². The van der Waals surface area contributed by atoms with Crippen molar-refractivity contribution in [3.05, 3.63) is 29.3 Å². The zero-order valence-electron chi connectivity index (χ0n) is 17.6. The third-order valence-corrected chi connectivity index (χ3v) is 7.50. The number of hydrogen-bond acceptors (Lipinski definition) is 5. The predicted molar refractivity (Wildman–Crippen MR) is 114 cm³/mol. The highest BCUT2D eigenvalue weighted by molar-refractivity contribution is 7.88. The quantitative estimate of drug-likeness (QED) is 0.794. The number of nitrogens with one attached hydrogen (secondary N) is 1. The fourth-order valence-corrected chi connectivity index (χ4v) is 6.19. The van der Waals surface area contributed by atoms with Gasteiger partial charge in [-0.2, -0.15) is 0 Å². The summed E-state index contributed by atoms with van der Waals surface area (Å²) < 4.78 is 39.3. The third-order valence-electron chi connectivity index (χ3n) is 6.76. The second kappa shape index (κ2) is 8.92. The molecule has 0 spiro atoms. The van der Waals surface area contributed by atoms with E-state index in [0.29, 0.717) is 19.1 Å². The Balaban J connectivity index is 1.58. The lowest BCUT2D eigenvalue weighted by atomic mass is 9.80. The Hall–Kier alpha value is -1.15. The highest BCUT2D eigenvalue weighted by Crippen LogP contribution is 2.40. The van der Waals surface area contributed by atoms with Crippen LogP contribution in [-0.2, 0) is 14.8 Å². The van der Waals surface area contributed by atoms with E-state index < -0.39 is 10.0 Å². The van der Waals surface area contributed by atoms with E-state index in [2.05, 4.69) is 34.7 Å². The molecule has 162 valence electrons. The van der Waals surface area contributed by atoms with Gasteiger partial charge in [0.15, 0.2) is 0 Å². The minimum absolute atomic E-state index is 0.0533. The van der Waals surface area contributed by atoms with Crippen LogP contribution in [0.5, 0.6) is 5.75 Å². The van der Waals surface area contributed by atoms with Crippen LogP contribution in [0.15, 0.2) is 18.2 Å². The van der Waals surface area contributed by atoms with Crippen LogP contribution in [0.2, 0.25) is 0 Å². The SMILES string of the molecule is Cc1cccc2c1C1CCC(CC1)OC[C@H]1[C@@H](NS(C)(=O)=O)CCCN1CCO2. The van der Waals surface area contributed by atoms with Crippen molar-refractivity contribution in [3.8, 4) is 5.75 Å². The zero-order chi connectivity index (χ0) is 20.4. The van der Waals surface area contributed by atoms with Gasteiger partial charge in [-0.1, -0.05) is 12.1 Å². The molecule has 2 atom stereocenters. The topological polar surface area (TPSA) is 67.9 Å². The Kier molecular flexibility index (Phi) is 6.49. The van der Waals surface area contributed by atoms with Gasteiger partial charge in [0, 0.05) is 24.2 Å². The first kappa shape index (κ1) is 21.1. The lowest BCUT2D eigenvalue weighted by molar-refractivity contribution is -0.0284. The van der Waals surface area contributed by atoms with Gasteiger partial charge < -0.3 is 9.47 Å². The first-order valence-electron chi connectivity index (χ1n) is 11.0. The van der Waals surface area contributed by atoms with E-state index in [1.807, 2.05) is 0 Å². The number of nitrogens with zero attached hydrogens (tertiary/aromatic N) is 1. The van der Waals surface area contributed by atoms with Crippen LogP contribution in [-0.4, -0.2) is 64.1 Å². The molecule has 1 aromatic carbocycles. The molecule has 3 aliphatic heterocycles. The molecule has 7 heteroatoms. The number of hydrogen-bond donors (Lipinski definition) is 1. The van der Waals surface area contributed by atoms with Gasteiger partial charge >= 0.3 is 0 Å². The molecule has 0 radical (unpaired) electrons. The molecule has 1 aromatic rings. The van der Waals surface area contributed by atoms with E-state index in [4.69, 9.17) is 9.47 Å². The number of sulfonamides is 1. The summed E-state index contributed by atoms with van der Waals surface area (Å²) in [6.07, 6.45) is 7.68. The summed E-state index contributed by atoms with van der Waals surface area (Å²) in [5.41, 5.74) is 2.69. The van der Waals surface area contributed by atoms with Crippen molar-refractivity contribution in [2.24, 2.45) is 0 Å². The summed E-state index contributed by atoms with van der Waals surface area (Å²) in [5.74, 6) is 1.56. The monoisotopic (exact) mass is 422 g/mol. The van der Waals surface area contributed by atoms with E-state index in [-0.39, 0.29) is 18.2 Å². The van der Waals surface area contributed by atoms with Crippen LogP contribution in [0.25, 0.3) is 0 Å². The van der Waals surface area contributed by atoms with Gasteiger partial charge in [0.1, 0.15) is 12.4 Å². The predicted octanol–water partition coefficient (Wildman–Crippen LogP) is 2.81. The Bertz CT molecular complexity index is 805. The smallest absolute Gasteiger partial charge is 0.209 e. The van der Waals surface area contributed by atoms with Crippen LogP contribution in [0, 0.1) is 6.92 Å². The maximum atomic E-state index is 11.9. The maximum Gasteiger partial charge on any atom is 0.209 e. The van der Waals surface area contributed by atoms with Crippen molar-refractivity contribution >= 4 is 10.0 Å². The zero-order valence-corrected chi connectivity index (χ0v) is 18.4. The molecule has 1 aliphatic carbocycles. The second-order valence-corrected chi connectivity index (χ2v) is 10.7. The molecule has 0 amide bonds. The average Bonchev–Trinajstić information content (AvgIpc) is 2.69. The summed E-state index contributed by atoms with van der Waals surface area (Å²) in [5, 5.41) is 0. The van der Waals surface area contributed by atoms with Crippen LogP contribution >= 0.6 is 0 Å². The van der Waals surface area contributed by atoms with Crippen LogP contribution in [0.1, 0.15) is 55.6 Å². The second-order valence-electron chi connectivity index (χ2n) is 8.88. The van der Waals surface area contributed by atoms with Gasteiger partial charge in [-0.3, -0.25) is 4.90 Å². The Morgan fingerprint density at radius 1 is 1.10 bits per heavy atom. The molecule has 4 aliphatic rings. The minimum atomic E-state index is -3.25. The van der Waals surface area contributed by atoms with Crippen LogP contribution in [0.3, 0.4) is 0 Å². The summed E-state index contributed by atoms with van der Waals surface area (Å²) in [6.45, 7) is 5.10. The van der Waals surface area contributed by atoms with Gasteiger partial charge in [0.2, 0.25) is 10.0 Å². The number of rotatable bonds is 2. The molecule has 2 fully saturated rings. The highest BCUT2D eigenvalue weighted by Gasteiger charge is 2.35. The Labute approximate surface area is 175 Å². The standard InChI is InChI=1S/C22H34N2O4S/c1-16-5-3-7-21-22(16)17-8-10-18(11-9-17)28-15-20-19(23-29(2,25)26)6-4-12-24(20)13-14-27-21/h3,5,7,17-20,23H,4,6,8-15H2,1-2H3/t17?,18?,19-,20-/m0/s1. The summed E-state index contributed by atoms with van der Waals surface area (Å²) in [7, 11) is -3.25. The molecule has 1 saturated heterocycles. The van der Waals surface area contributed by atoms with Crippen molar-refractivity contribution in [3.63, 3.8) is 0 Å². The maximum absolute atomic E-state index is 11.9.